The number of nitrogens with zero attached hydrogens (tertiary/aromatic N) is 2. The van der Waals surface area contributed by atoms with Gasteiger partial charge in [-0.15, -0.1) is 0 Å². The van der Waals surface area contributed by atoms with Crippen LogP contribution < -0.4 is 16.1 Å². The van der Waals surface area contributed by atoms with Crippen molar-refractivity contribution in [2.75, 3.05) is 18.4 Å². The largest absolute Gasteiger partial charge is 0.389 e. The molecule has 0 saturated heterocycles. The van der Waals surface area contributed by atoms with Crippen LogP contribution in [0, 0.1) is 29.5 Å². The van der Waals surface area contributed by atoms with E-state index in [1.54, 1.807) is 43.3 Å². The van der Waals surface area contributed by atoms with Crippen molar-refractivity contribution in [2.24, 2.45) is 5.10 Å². The summed E-state index contributed by atoms with van der Waals surface area (Å²) < 4.78 is 13.9. The summed E-state index contributed by atoms with van der Waals surface area (Å²) in [6.07, 6.45) is 2.86. The number of hydrazone groups is 1. The second-order valence-electron chi connectivity index (χ2n) is 8.50. The van der Waals surface area contributed by atoms with E-state index in [1.807, 2.05) is 6.07 Å². The molecule has 1 aromatic heterocycles. The average Bonchev–Trinajstić information content (AvgIpc) is 3.44. The van der Waals surface area contributed by atoms with Crippen LogP contribution in [-0.2, 0) is 4.79 Å². The third kappa shape index (κ3) is 5.50. The van der Waals surface area contributed by atoms with Crippen LogP contribution in [0.15, 0.2) is 47.6 Å². The Kier molecular flexibility index (Phi) is 7.74. The number of fused-ring (bicyclic) bond motifs is 1. The minimum absolute atomic E-state index is 0.0502. The van der Waals surface area contributed by atoms with Crippen LogP contribution in [0.5, 0.6) is 0 Å². The highest BCUT2D eigenvalue weighted by molar-refractivity contribution is 6.36. The number of H-pyrrole nitrogens is 1. The van der Waals surface area contributed by atoms with Crippen molar-refractivity contribution in [3.05, 3.63) is 76.4 Å². The lowest BCUT2D eigenvalue weighted by Gasteiger charge is -2.12. The summed E-state index contributed by atoms with van der Waals surface area (Å²) in [6.45, 7) is 1.80. The summed E-state index contributed by atoms with van der Waals surface area (Å²) in [5.41, 5.74) is 6.44. The number of aromatic amines is 1. The lowest BCUT2D eigenvalue weighted by molar-refractivity contribution is -0.110. The first-order valence-electron chi connectivity index (χ1n) is 11.6. The molecular formula is C27H24FN7O3. The molecule has 38 heavy (non-hydrogen) atoms. The van der Waals surface area contributed by atoms with E-state index in [-0.39, 0.29) is 30.1 Å². The number of carbonyl (C=O) groups excluding carboxylic acids is 2. The molecule has 11 heteroatoms. The number of benzene rings is 2. The van der Waals surface area contributed by atoms with Crippen LogP contribution in [0.25, 0.3) is 22.8 Å². The molecule has 2 amide bonds. The Bertz CT molecular complexity index is 1520. The monoisotopic (exact) mass is 513 g/mol. The molecule has 2 heterocycles. The van der Waals surface area contributed by atoms with E-state index in [2.05, 4.69) is 26.1 Å². The number of anilines is 1. The number of hydrogen-bond acceptors (Lipinski definition) is 7. The zero-order valence-corrected chi connectivity index (χ0v) is 20.3. The van der Waals surface area contributed by atoms with E-state index < -0.39 is 17.8 Å². The van der Waals surface area contributed by atoms with Gasteiger partial charge in [0.25, 0.3) is 11.8 Å². The zero-order valence-electron chi connectivity index (χ0n) is 20.3. The molecule has 3 aromatic rings. The molecule has 1 aliphatic heterocycles. The maximum absolute atomic E-state index is 13.9. The number of nitriles is 1. The van der Waals surface area contributed by atoms with E-state index in [0.29, 0.717) is 39.3 Å². The molecule has 1 atom stereocenters. The number of nitrogens with one attached hydrogen (secondary N) is 5. The van der Waals surface area contributed by atoms with Gasteiger partial charge in [0.2, 0.25) is 0 Å². The molecule has 192 valence electrons. The van der Waals surface area contributed by atoms with Gasteiger partial charge in [0.05, 0.1) is 41.3 Å². The lowest BCUT2D eigenvalue weighted by Crippen LogP contribution is -2.37. The maximum Gasteiger partial charge on any atom is 0.256 e. The van der Waals surface area contributed by atoms with Crippen molar-refractivity contribution in [1.82, 2.24) is 15.7 Å². The normalized spacial score (nSPS) is 14.2. The topological polar surface area (TPSA) is 166 Å². The Hall–Kier alpha value is -5.08. The molecular weight excluding hydrogens is 489 g/mol. The highest BCUT2D eigenvalue weighted by Crippen LogP contribution is 2.41. The number of aryl methyl sites for hydroxylation is 1. The van der Waals surface area contributed by atoms with Crippen molar-refractivity contribution in [2.45, 2.75) is 13.0 Å². The van der Waals surface area contributed by atoms with E-state index in [4.69, 9.17) is 5.41 Å². The van der Waals surface area contributed by atoms with Gasteiger partial charge in [-0.2, -0.15) is 10.4 Å². The zero-order chi connectivity index (χ0) is 27.2. The first-order chi connectivity index (χ1) is 18.3. The number of aliphatic hydroxyl groups is 1. The van der Waals surface area contributed by atoms with Gasteiger partial charge >= 0.3 is 0 Å². The van der Waals surface area contributed by atoms with Crippen molar-refractivity contribution in [3.63, 3.8) is 0 Å². The fraction of sp³-hybridized carbons (Fsp3) is 0.148. The van der Waals surface area contributed by atoms with Crippen molar-refractivity contribution < 1.29 is 19.1 Å². The van der Waals surface area contributed by atoms with Crippen LogP contribution in [-0.4, -0.2) is 53.5 Å². The molecule has 10 nitrogen and oxygen atoms in total. The molecule has 2 aromatic carbocycles. The standard InChI is InChI=1S/C27H24FN7O3/c1-15-9-20(26(37)31-13-18(36)14-33-32-8-7-29)24(34-15)11-21-25-19(3-2-4-23(25)35-27(21)38)16-5-6-22(28)17(10-16)12-30/h2-11,18,29,33-34,36H,13-14H2,1H3,(H,31,37)(H,35,38)/b21-11-,29-7?,32-8-. The summed E-state index contributed by atoms with van der Waals surface area (Å²) >= 11 is 0. The Labute approximate surface area is 217 Å². The van der Waals surface area contributed by atoms with Gasteiger partial charge in [-0.3, -0.25) is 9.59 Å². The smallest absolute Gasteiger partial charge is 0.256 e. The first-order valence-corrected chi connectivity index (χ1v) is 11.6. The Balaban J connectivity index is 1.64. The van der Waals surface area contributed by atoms with Crippen LogP contribution in [0.1, 0.15) is 32.9 Å². The lowest BCUT2D eigenvalue weighted by atomic mass is 9.93. The van der Waals surface area contributed by atoms with Crippen molar-refractivity contribution >= 4 is 41.6 Å². The number of amides is 2. The molecule has 0 spiro atoms. The molecule has 6 N–H and O–H groups in total. The quantitative estimate of drug-likeness (QED) is 0.147. The van der Waals surface area contributed by atoms with Crippen LogP contribution in [0.3, 0.4) is 0 Å². The molecule has 0 saturated carbocycles. The molecule has 4 rings (SSSR count). The van der Waals surface area contributed by atoms with Crippen LogP contribution >= 0.6 is 0 Å². The Morgan fingerprint density at radius 3 is 2.87 bits per heavy atom. The number of carbonyl (C=O) groups is 2. The van der Waals surface area contributed by atoms with E-state index >= 15 is 0 Å². The summed E-state index contributed by atoms with van der Waals surface area (Å²) in [5, 5.41) is 35.3. The number of hydrogen-bond donors (Lipinski definition) is 6. The molecule has 0 fully saturated rings. The first kappa shape index (κ1) is 26.0. The number of halogens is 1. The van der Waals surface area contributed by atoms with E-state index in [1.165, 1.54) is 18.3 Å². The van der Waals surface area contributed by atoms with Gasteiger partial charge in [0.15, 0.2) is 0 Å². The SMILES string of the molecule is Cc1cc(C(=O)NCC(O)CN/N=C\C=N)c(/C=C2\C(=O)Nc3cccc(-c4ccc(F)c(C#N)c4)c32)[nH]1. The molecule has 1 unspecified atom stereocenters. The third-order valence-corrected chi connectivity index (χ3v) is 5.81. The highest BCUT2D eigenvalue weighted by atomic mass is 19.1. The molecule has 0 aliphatic carbocycles. The van der Waals surface area contributed by atoms with Gasteiger partial charge in [0.1, 0.15) is 11.9 Å². The van der Waals surface area contributed by atoms with Gasteiger partial charge in [0, 0.05) is 29.7 Å². The summed E-state index contributed by atoms with van der Waals surface area (Å²) in [4.78, 5) is 29.0. The van der Waals surface area contributed by atoms with Crippen LogP contribution in [0.4, 0.5) is 10.1 Å². The van der Waals surface area contributed by atoms with E-state index in [0.717, 1.165) is 6.21 Å². The molecule has 1 aliphatic rings. The highest BCUT2D eigenvalue weighted by Gasteiger charge is 2.28. The van der Waals surface area contributed by atoms with Crippen molar-refractivity contribution in [3.8, 4) is 17.2 Å². The van der Waals surface area contributed by atoms with Gasteiger partial charge in [-0.1, -0.05) is 18.2 Å². The van der Waals surface area contributed by atoms with E-state index in [9.17, 15) is 24.3 Å². The fourth-order valence-electron chi connectivity index (χ4n) is 4.09. The second kappa shape index (κ2) is 11.3. The van der Waals surface area contributed by atoms with Crippen LogP contribution in [0.2, 0.25) is 0 Å². The Morgan fingerprint density at radius 2 is 2.11 bits per heavy atom. The van der Waals surface area contributed by atoms with Crippen molar-refractivity contribution in [1.29, 1.82) is 10.7 Å². The number of aromatic nitrogens is 1. The average molecular weight is 514 g/mol. The second-order valence-corrected chi connectivity index (χ2v) is 8.50. The Morgan fingerprint density at radius 1 is 1.29 bits per heavy atom. The van der Waals surface area contributed by atoms with Gasteiger partial charge < -0.3 is 31.6 Å². The third-order valence-electron chi connectivity index (χ3n) is 5.81. The minimum atomic E-state index is -0.923. The van der Waals surface area contributed by atoms with Gasteiger partial charge in [-0.25, -0.2) is 4.39 Å². The molecule has 0 radical (unpaired) electrons. The summed E-state index contributed by atoms with van der Waals surface area (Å²) in [6, 6.07) is 12.9. The maximum atomic E-state index is 13.9. The summed E-state index contributed by atoms with van der Waals surface area (Å²) in [7, 11) is 0. The summed E-state index contributed by atoms with van der Waals surface area (Å²) in [5.74, 6) is -1.46. The number of rotatable bonds is 9. The fourth-order valence-corrected chi connectivity index (χ4v) is 4.09. The van der Waals surface area contributed by atoms with Gasteiger partial charge in [-0.05, 0) is 48.4 Å². The minimum Gasteiger partial charge on any atom is -0.389 e. The molecule has 0 bridgehead atoms. The predicted octanol–water partition coefficient (Wildman–Crippen LogP) is 2.81. The number of aliphatic hydroxyl groups excluding tert-OH is 1. The predicted molar refractivity (Wildman–Crippen MR) is 142 cm³/mol.